The summed E-state index contributed by atoms with van der Waals surface area (Å²) in [6.07, 6.45) is 1.73. The molecule has 0 bridgehead atoms. The minimum atomic E-state index is -0.388. The summed E-state index contributed by atoms with van der Waals surface area (Å²) in [6, 6.07) is 21.7. The van der Waals surface area contributed by atoms with E-state index in [1.165, 1.54) is 0 Å². The highest BCUT2D eigenvalue weighted by Crippen LogP contribution is 2.29. The molecule has 0 spiro atoms. The summed E-state index contributed by atoms with van der Waals surface area (Å²) in [5, 5.41) is 12.9. The van der Waals surface area contributed by atoms with Crippen molar-refractivity contribution in [2.24, 2.45) is 0 Å². The number of fused-ring (bicyclic) bond motifs is 1. The zero-order valence-corrected chi connectivity index (χ0v) is 18.1. The molecule has 0 saturated heterocycles. The van der Waals surface area contributed by atoms with Crippen molar-refractivity contribution >= 4 is 57.5 Å². The molecule has 1 heterocycles. The van der Waals surface area contributed by atoms with Crippen LogP contribution in [-0.2, 0) is 4.79 Å². The van der Waals surface area contributed by atoms with E-state index in [1.54, 1.807) is 48.5 Å². The molecule has 4 aromatic rings. The zero-order valence-electron chi connectivity index (χ0n) is 16.6. The molecule has 0 radical (unpaired) electrons. The Morgan fingerprint density at radius 2 is 1.78 bits per heavy atom. The Labute approximate surface area is 194 Å². The lowest BCUT2D eigenvalue weighted by Gasteiger charge is -2.10. The second-order valence-corrected chi connectivity index (χ2v) is 7.59. The van der Waals surface area contributed by atoms with Gasteiger partial charge in [0.15, 0.2) is 6.61 Å². The molecule has 2 N–H and O–H groups in total. The van der Waals surface area contributed by atoms with Crippen LogP contribution in [0.5, 0.6) is 5.75 Å². The van der Waals surface area contributed by atoms with Gasteiger partial charge in [-0.15, -0.1) is 0 Å². The van der Waals surface area contributed by atoms with E-state index < -0.39 is 0 Å². The SMILES string of the molecule is N#CC(=Cc1ccc(OCC(=O)Nc2c(Cl)cccc2Cl)cc1)c1nc2ccccc2[nH]1. The van der Waals surface area contributed by atoms with E-state index >= 15 is 0 Å². The van der Waals surface area contributed by atoms with Crippen LogP contribution in [0.15, 0.2) is 66.7 Å². The van der Waals surface area contributed by atoms with Gasteiger partial charge in [-0.2, -0.15) is 5.26 Å². The van der Waals surface area contributed by atoms with E-state index in [2.05, 4.69) is 21.4 Å². The van der Waals surface area contributed by atoms with Gasteiger partial charge in [-0.3, -0.25) is 4.79 Å². The maximum Gasteiger partial charge on any atom is 0.262 e. The van der Waals surface area contributed by atoms with Crippen LogP contribution in [0.4, 0.5) is 5.69 Å². The Morgan fingerprint density at radius 1 is 1.06 bits per heavy atom. The first-order chi connectivity index (χ1) is 15.5. The number of nitrogens with zero attached hydrogens (tertiary/aromatic N) is 2. The number of halogens is 2. The maximum absolute atomic E-state index is 12.2. The van der Waals surface area contributed by atoms with Gasteiger partial charge in [0.25, 0.3) is 5.91 Å². The summed E-state index contributed by atoms with van der Waals surface area (Å²) < 4.78 is 5.53. The van der Waals surface area contributed by atoms with Crippen LogP contribution in [0.3, 0.4) is 0 Å². The number of amides is 1. The number of hydrogen-bond donors (Lipinski definition) is 2. The number of hydrogen-bond acceptors (Lipinski definition) is 4. The van der Waals surface area contributed by atoms with Crippen LogP contribution in [0, 0.1) is 11.3 Å². The number of nitrogens with one attached hydrogen (secondary N) is 2. The quantitative estimate of drug-likeness (QED) is 0.346. The molecule has 1 aromatic heterocycles. The van der Waals surface area contributed by atoms with Crippen molar-refractivity contribution in [1.29, 1.82) is 5.26 Å². The molecule has 0 aliphatic heterocycles. The minimum absolute atomic E-state index is 0.209. The number of ether oxygens (including phenoxy) is 1. The van der Waals surface area contributed by atoms with E-state index in [9.17, 15) is 10.1 Å². The lowest BCUT2D eigenvalue weighted by Crippen LogP contribution is -2.20. The van der Waals surface area contributed by atoms with Crippen LogP contribution in [0.25, 0.3) is 22.7 Å². The number of anilines is 1. The number of imidazole rings is 1. The van der Waals surface area contributed by atoms with Crippen LogP contribution in [0.1, 0.15) is 11.4 Å². The van der Waals surface area contributed by atoms with Crippen molar-refractivity contribution in [2.45, 2.75) is 0 Å². The number of aromatic amines is 1. The number of benzene rings is 3. The average Bonchev–Trinajstić information content (AvgIpc) is 3.23. The van der Waals surface area contributed by atoms with Gasteiger partial charge >= 0.3 is 0 Å². The van der Waals surface area contributed by atoms with E-state index in [0.717, 1.165) is 16.6 Å². The lowest BCUT2D eigenvalue weighted by molar-refractivity contribution is -0.118. The fourth-order valence-electron chi connectivity index (χ4n) is 3.00. The molecule has 0 atom stereocenters. The van der Waals surface area contributed by atoms with Gasteiger partial charge in [0.05, 0.1) is 32.3 Å². The number of carbonyl (C=O) groups excluding carboxylic acids is 1. The molecule has 0 fully saturated rings. The number of allylic oxidation sites excluding steroid dienone is 1. The monoisotopic (exact) mass is 462 g/mol. The van der Waals surface area contributed by atoms with E-state index in [0.29, 0.717) is 32.9 Å². The normalized spacial score (nSPS) is 11.2. The molecule has 6 nitrogen and oxygen atoms in total. The van der Waals surface area contributed by atoms with Crippen molar-refractivity contribution in [3.05, 3.63) is 88.2 Å². The van der Waals surface area contributed by atoms with Crippen molar-refractivity contribution in [2.75, 3.05) is 11.9 Å². The Bertz CT molecular complexity index is 1300. The summed E-state index contributed by atoms with van der Waals surface area (Å²) in [7, 11) is 0. The molecule has 8 heteroatoms. The molecule has 32 heavy (non-hydrogen) atoms. The molecule has 0 unspecified atom stereocenters. The highest BCUT2D eigenvalue weighted by Gasteiger charge is 2.11. The smallest absolute Gasteiger partial charge is 0.262 e. The molecule has 1 amide bonds. The number of aromatic nitrogens is 2. The summed E-state index contributed by atoms with van der Waals surface area (Å²) in [6.45, 7) is -0.209. The van der Waals surface area contributed by atoms with Gasteiger partial charge in [0.2, 0.25) is 0 Å². The van der Waals surface area contributed by atoms with E-state index in [1.807, 2.05) is 24.3 Å². The lowest BCUT2D eigenvalue weighted by atomic mass is 10.1. The van der Waals surface area contributed by atoms with Crippen molar-refractivity contribution < 1.29 is 9.53 Å². The predicted octanol–water partition coefficient (Wildman–Crippen LogP) is 5.95. The third kappa shape index (κ3) is 4.92. The van der Waals surface area contributed by atoms with Gasteiger partial charge in [0, 0.05) is 0 Å². The van der Waals surface area contributed by atoms with Crippen LogP contribution >= 0.6 is 23.2 Å². The Balaban J connectivity index is 1.41. The summed E-state index contributed by atoms with van der Waals surface area (Å²) in [4.78, 5) is 19.8. The van der Waals surface area contributed by atoms with Gasteiger partial charge in [-0.05, 0) is 48.0 Å². The molecule has 4 rings (SSSR count). The van der Waals surface area contributed by atoms with Crippen molar-refractivity contribution in [3.8, 4) is 11.8 Å². The zero-order chi connectivity index (χ0) is 22.5. The Kier molecular flexibility index (Phi) is 6.41. The highest BCUT2D eigenvalue weighted by atomic mass is 35.5. The molecule has 3 aromatic carbocycles. The van der Waals surface area contributed by atoms with Gasteiger partial charge in [0.1, 0.15) is 17.6 Å². The topological polar surface area (TPSA) is 90.8 Å². The number of H-pyrrole nitrogens is 1. The first-order valence-corrected chi connectivity index (χ1v) is 10.3. The Morgan fingerprint density at radius 3 is 2.47 bits per heavy atom. The first kappa shape index (κ1) is 21.4. The summed E-state index contributed by atoms with van der Waals surface area (Å²) >= 11 is 12.1. The van der Waals surface area contributed by atoms with Crippen LogP contribution in [-0.4, -0.2) is 22.5 Å². The van der Waals surface area contributed by atoms with Gasteiger partial charge in [-0.25, -0.2) is 4.98 Å². The Hall–Kier alpha value is -3.79. The number of nitriles is 1. The number of carbonyl (C=O) groups is 1. The first-order valence-electron chi connectivity index (χ1n) is 9.57. The van der Waals surface area contributed by atoms with Crippen molar-refractivity contribution in [1.82, 2.24) is 9.97 Å². The fraction of sp³-hybridized carbons (Fsp3) is 0.0417. The van der Waals surface area contributed by atoms with Gasteiger partial charge in [-0.1, -0.05) is 53.5 Å². The second kappa shape index (κ2) is 9.56. The third-order valence-electron chi connectivity index (χ3n) is 4.55. The van der Waals surface area contributed by atoms with Crippen LogP contribution < -0.4 is 10.1 Å². The van der Waals surface area contributed by atoms with Crippen LogP contribution in [0.2, 0.25) is 10.0 Å². The van der Waals surface area contributed by atoms with Gasteiger partial charge < -0.3 is 15.0 Å². The van der Waals surface area contributed by atoms with E-state index in [-0.39, 0.29) is 12.5 Å². The minimum Gasteiger partial charge on any atom is -0.484 e. The number of para-hydroxylation sites is 3. The predicted molar refractivity (Wildman–Crippen MR) is 127 cm³/mol. The maximum atomic E-state index is 12.2. The largest absolute Gasteiger partial charge is 0.484 e. The average molecular weight is 463 g/mol. The number of rotatable bonds is 6. The molecule has 0 aliphatic carbocycles. The molecule has 0 aliphatic rings. The molecule has 158 valence electrons. The van der Waals surface area contributed by atoms with E-state index in [4.69, 9.17) is 27.9 Å². The summed E-state index contributed by atoms with van der Waals surface area (Å²) in [5.74, 6) is 0.620. The standard InChI is InChI=1S/C24H16Cl2N4O2/c25-18-4-3-5-19(26)23(18)30-22(31)14-32-17-10-8-15(9-11-17)12-16(13-27)24-28-20-6-1-2-7-21(20)29-24/h1-12H,14H2,(H,28,29)(H,30,31). The fourth-order valence-corrected chi connectivity index (χ4v) is 3.49. The molecular formula is C24H16Cl2N4O2. The molecule has 0 saturated carbocycles. The molecular weight excluding hydrogens is 447 g/mol. The van der Waals surface area contributed by atoms with Crippen molar-refractivity contribution in [3.63, 3.8) is 0 Å². The third-order valence-corrected chi connectivity index (χ3v) is 5.18. The highest BCUT2D eigenvalue weighted by molar-refractivity contribution is 6.39. The summed E-state index contributed by atoms with van der Waals surface area (Å²) in [5.41, 5.74) is 3.21. The second-order valence-electron chi connectivity index (χ2n) is 6.77.